The van der Waals surface area contributed by atoms with Gasteiger partial charge < -0.3 is 4.90 Å². The Kier molecular flexibility index (Phi) is 4.54. The number of carbonyl (C=O) groups excluding carboxylic acids is 1. The minimum atomic E-state index is 0.0268. The Morgan fingerprint density at radius 3 is 2.82 bits per heavy atom. The average Bonchev–Trinajstić information content (AvgIpc) is 3.03. The van der Waals surface area contributed by atoms with Crippen LogP contribution >= 0.6 is 11.3 Å². The van der Waals surface area contributed by atoms with Crippen molar-refractivity contribution in [3.8, 4) is 0 Å². The van der Waals surface area contributed by atoms with Gasteiger partial charge in [0.2, 0.25) is 5.91 Å². The van der Waals surface area contributed by atoms with E-state index < -0.39 is 0 Å². The van der Waals surface area contributed by atoms with Gasteiger partial charge in [-0.1, -0.05) is 48.6 Å². The SMILES string of the molecule is CC=CC=CC(=O)N1CCc2sccc2C1c1ccccc1. The average molecular weight is 309 g/mol. The molecule has 1 unspecified atom stereocenters. The van der Waals surface area contributed by atoms with Crippen molar-refractivity contribution in [2.45, 2.75) is 19.4 Å². The highest BCUT2D eigenvalue weighted by molar-refractivity contribution is 7.10. The summed E-state index contributed by atoms with van der Waals surface area (Å²) in [7, 11) is 0. The molecular weight excluding hydrogens is 290 g/mol. The molecule has 0 saturated heterocycles. The van der Waals surface area contributed by atoms with Crippen molar-refractivity contribution in [3.05, 3.63) is 82.1 Å². The topological polar surface area (TPSA) is 20.3 Å². The van der Waals surface area contributed by atoms with Gasteiger partial charge in [0.05, 0.1) is 6.04 Å². The Balaban J connectivity index is 1.97. The number of hydrogen-bond donors (Lipinski definition) is 0. The first kappa shape index (κ1) is 14.8. The van der Waals surface area contributed by atoms with Gasteiger partial charge in [-0.05, 0) is 35.9 Å². The van der Waals surface area contributed by atoms with Crippen molar-refractivity contribution >= 4 is 17.2 Å². The van der Waals surface area contributed by atoms with Crippen LogP contribution in [0.15, 0.2) is 66.1 Å². The Bertz CT molecular complexity index is 699. The maximum atomic E-state index is 12.6. The van der Waals surface area contributed by atoms with Gasteiger partial charge in [0.25, 0.3) is 0 Å². The lowest BCUT2D eigenvalue weighted by Crippen LogP contribution is -2.39. The van der Waals surface area contributed by atoms with Gasteiger partial charge in [-0.15, -0.1) is 11.3 Å². The molecule has 22 heavy (non-hydrogen) atoms. The zero-order valence-electron chi connectivity index (χ0n) is 12.6. The molecule has 0 bridgehead atoms. The molecule has 1 atom stereocenters. The first-order valence-electron chi connectivity index (χ1n) is 7.52. The summed E-state index contributed by atoms with van der Waals surface area (Å²) in [5.41, 5.74) is 2.45. The zero-order valence-corrected chi connectivity index (χ0v) is 13.4. The minimum absolute atomic E-state index is 0.0268. The van der Waals surface area contributed by atoms with Crippen molar-refractivity contribution in [2.24, 2.45) is 0 Å². The standard InChI is InChI=1S/C19H19NOS/c1-2-3-5-10-18(21)20-13-11-17-16(12-14-22-17)19(20)15-8-6-4-7-9-15/h2-10,12,14,19H,11,13H2,1H3. The molecule has 0 aliphatic carbocycles. The van der Waals surface area contributed by atoms with E-state index in [9.17, 15) is 4.79 Å². The highest BCUT2D eigenvalue weighted by Crippen LogP contribution is 2.37. The second-order valence-corrected chi connectivity index (χ2v) is 6.28. The molecule has 0 fully saturated rings. The summed E-state index contributed by atoms with van der Waals surface area (Å²) in [4.78, 5) is 16.0. The number of allylic oxidation sites excluding steroid dienone is 3. The monoisotopic (exact) mass is 309 g/mol. The van der Waals surface area contributed by atoms with E-state index in [1.165, 1.54) is 16.0 Å². The largest absolute Gasteiger partial charge is 0.328 e. The minimum Gasteiger partial charge on any atom is -0.328 e. The Morgan fingerprint density at radius 1 is 1.23 bits per heavy atom. The van der Waals surface area contributed by atoms with Gasteiger partial charge >= 0.3 is 0 Å². The molecule has 0 N–H and O–H groups in total. The normalized spacial score (nSPS) is 18.0. The maximum Gasteiger partial charge on any atom is 0.247 e. The zero-order chi connectivity index (χ0) is 15.4. The lowest BCUT2D eigenvalue weighted by molar-refractivity contribution is -0.128. The summed E-state index contributed by atoms with van der Waals surface area (Å²) in [6.07, 6.45) is 8.22. The molecule has 3 rings (SSSR count). The van der Waals surface area contributed by atoms with Gasteiger partial charge in [0.1, 0.15) is 0 Å². The van der Waals surface area contributed by atoms with Crippen LogP contribution in [0.5, 0.6) is 0 Å². The second-order valence-electron chi connectivity index (χ2n) is 5.28. The van der Waals surface area contributed by atoms with Crippen LogP contribution in [-0.2, 0) is 11.2 Å². The first-order valence-corrected chi connectivity index (χ1v) is 8.40. The van der Waals surface area contributed by atoms with Crippen LogP contribution in [0.25, 0.3) is 0 Å². The number of amides is 1. The van der Waals surface area contributed by atoms with Crippen LogP contribution < -0.4 is 0 Å². The third-order valence-electron chi connectivity index (χ3n) is 3.91. The number of hydrogen-bond acceptors (Lipinski definition) is 2. The van der Waals surface area contributed by atoms with Gasteiger partial charge in [-0.25, -0.2) is 0 Å². The highest BCUT2D eigenvalue weighted by atomic mass is 32.1. The Morgan fingerprint density at radius 2 is 2.05 bits per heavy atom. The Labute approximate surface area is 135 Å². The second kappa shape index (κ2) is 6.75. The summed E-state index contributed by atoms with van der Waals surface area (Å²) in [6, 6.07) is 12.5. The van der Waals surface area contributed by atoms with Crippen molar-refractivity contribution in [2.75, 3.05) is 6.54 Å². The number of carbonyl (C=O) groups is 1. The molecule has 1 aromatic carbocycles. The number of nitrogens with zero attached hydrogens (tertiary/aromatic N) is 1. The molecule has 1 aliphatic rings. The van der Waals surface area contributed by atoms with Gasteiger partial charge in [-0.2, -0.15) is 0 Å². The van der Waals surface area contributed by atoms with Gasteiger partial charge in [-0.3, -0.25) is 4.79 Å². The van der Waals surface area contributed by atoms with E-state index in [0.29, 0.717) is 0 Å². The third-order valence-corrected chi connectivity index (χ3v) is 4.90. The van der Waals surface area contributed by atoms with Crippen LogP contribution in [0.4, 0.5) is 0 Å². The molecule has 3 heteroatoms. The summed E-state index contributed by atoms with van der Waals surface area (Å²) in [5.74, 6) is 0.0730. The molecule has 0 radical (unpaired) electrons. The van der Waals surface area contributed by atoms with Crippen molar-refractivity contribution in [3.63, 3.8) is 0 Å². The van der Waals surface area contributed by atoms with E-state index in [4.69, 9.17) is 0 Å². The number of fused-ring (bicyclic) bond motifs is 1. The fourth-order valence-electron chi connectivity index (χ4n) is 2.89. The molecule has 1 amide bonds. The predicted octanol–water partition coefficient (Wildman–Crippen LogP) is 4.35. The van der Waals surface area contributed by atoms with E-state index in [0.717, 1.165) is 13.0 Å². The molecule has 0 spiro atoms. The fourth-order valence-corrected chi connectivity index (χ4v) is 3.80. The van der Waals surface area contributed by atoms with E-state index in [2.05, 4.69) is 23.6 Å². The lowest BCUT2D eigenvalue weighted by Gasteiger charge is -2.35. The smallest absolute Gasteiger partial charge is 0.247 e. The van der Waals surface area contributed by atoms with E-state index >= 15 is 0 Å². The molecule has 112 valence electrons. The van der Waals surface area contributed by atoms with Crippen LogP contribution in [-0.4, -0.2) is 17.4 Å². The van der Waals surface area contributed by atoms with Crippen LogP contribution in [0.1, 0.15) is 29.0 Å². The quantitative estimate of drug-likeness (QED) is 0.609. The number of rotatable bonds is 3. The summed E-state index contributed by atoms with van der Waals surface area (Å²) >= 11 is 1.79. The predicted molar refractivity (Wildman–Crippen MR) is 92.0 cm³/mol. The van der Waals surface area contributed by atoms with Crippen molar-refractivity contribution in [1.29, 1.82) is 0 Å². The molecule has 0 saturated carbocycles. The molecular formula is C19H19NOS. The van der Waals surface area contributed by atoms with Crippen molar-refractivity contribution < 1.29 is 4.79 Å². The van der Waals surface area contributed by atoms with E-state index in [-0.39, 0.29) is 11.9 Å². The van der Waals surface area contributed by atoms with E-state index in [1.807, 2.05) is 48.3 Å². The summed E-state index contributed by atoms with van der Waals surface area (Å²) < 4.78 is 0. The molecule has 2 heterocycles. The third kappa shape index (κ3) is 2.90. The fraction of sp³-hybridized carbons (Fsp3) is 0.211. The Hall–Kier alpha value is -2.13. The van der Waals surface area contributed by atoms with E-state index in [1.54, 1.807) is 17.4 Å². The van der Waals surface area contributed by atoms with Gasteiger partial charge in [0.15, 0.2) is 0 Å². The molecule has 2 aromatic rings. The van der Waals surface area contributed by atoms with Crippen molar-refractivity contribution in [1.82, 2.24) is 4.90 Å². The number of benzene rings is 1. The lowest BCUT2D eigenvalue weighted by atomic mass is 9.93. The highest BCUT2D eigenvalue weighted by Gasteiger charge is 2.31. The number of thiophene rings is 1. The van der Waals surface area contributed by atoms with Crippen LogP contribution in [0.3, 0.4) is 0 Å². The van der Waals surface area contributed by atoms with Gasteiger partial charge in [0, 0.05) is 17.5 Å². The first-order chi connectivity index (χ1) is 10.8. The summed E-state index contributed by atoms with van der Waals surface area (Å²) in [6.45, 7) is 2.71. The molecule has 2 nitrogen and oxygen atoms in total. The maximum absolute atomic E-state index is 12.6. The molecule has 1 aromatic heterocycles. The van der Waals surface area contributed by atoms with Crippen LogP contribution in [0, 0.1) is 0 Å². The summed E-state index contributed by atoms with van der Waals surface area (Å²) in [5, 5.41) is 2.13. The van der Waals surface area contributed by atoms with Crippen LogP contribution in [0.2, 0.25) is 0 Å². The molecule has 1 aliphatic heterocycles.